The summed E-state index contributed by atoms with van der Waals surface area (Å²) in [7, 11) is 0. The molecule has 0 unspecified atom stereocenters. The minimum absolute atomic E-state index is 0.0212. The number of nitriles is 1. The summed E-state index contributed by atoms with van der Waals surface area (Å²) in [5.74, 6) is -0.124. The largest absolute Gasteiger partial charge is 0.349 e. The zero-order valence-electron chi connectivity index (χ0n) is 16.5. The molecule has 3 rings (SSSR count). The molecule has 0 aliphatic carbocycles. The first kappa shape index (κ1) is 19.6. The number of amides is 2. The summed E-state index contributed by atoms with van der Waals surface area (Å²) in [6.45, 7) is 6.53. The molecule has 5 heteroatoms. The summed E-state index contributed by atoms with van der Waals surface area (Å²) < 4.78 is 0. The monoisotopic (exact) mass is 375 g/mol. The van der Waals surface area contributed by atoms with Crippen LogP contribution in [0.5, 0.6) is 0 Å². The Bertz CT molecular complexity index is 912. The fraction of sp³-hybridized carbons (Fsp3) is 0.348. The minimum atomic E-state index is -0.365. The summed E-state index contributed by atoms with van der Waals surface area (Å²) in [5, 5.41) is 11.9. The predicted molar refractivity (Wildman–Crippen MR) is 109 cm³/mol. The third-order valence-electron chi connectivity index (χ3n) is 5.24. The first-order chi connectivity index (χ1) is 13.4. The average molecular weight is 375 g/mol. The van der Waals surface area contributed by atoms with Crippen molar-refractivity contribution in [1.82, 2.24) is 5.32 Å². The molecule has 0 spiro atoms. The smallest absolute Gasteiger partial charge is 0.227 e. The van der Waals surface area contributed by atoms with Crippen LogP contribution in [-0.4, -0.2) is 18.4 Å². The van der Waals surface area contributed by atoms with Crippen molar-refractivity contribution in [3.05, 3.63) is 65.2 Å². The lowest BCUT2D eigenvalue weighted by molar-refractivity contribution is -0.126. The zero-order valence-corrected chi connectivity index (χ0v) is 16.5. The highest BCUT2D eigenvalue weighted by Gasteiger charge is 2.35. The lowest BCUT2D eigenvalue weighted by Gasteiger charge is -2.20. The van der Waals surface area contributed by atoms with Gasteiger partial charge in [-0.1, -0.05) is 38.1 Å². The number of nitrogens with one attached hydrogen (secondary N) is 1. The molecule has 144 valence electrons. The molecule has 1 saturated heterocycles. The zero-order chi connectivity index (χ0) is 20.3. The third kappa shape index (κ3) is 4.23. The van der Waals surface area contributed by atoms with Gasteiger partial charge < -0.3 is 10.2 Å². The van der Waals surface area contributed by atoms with Crippen LogP contribution < -0.4 is 10.2 Å². The Morgan fingerprint density at radius 1 is 1.14 bits per heavy atom. The highest BCUT2D eigenvalue weighted by molar-refractivity contribution is 6.00. The quantitative estimate of drug-likeness (QED) is 0.861. The Morgan fingerprint density at radius 3 is 2.50 bits per heavy atom. The molecule has 0 saturated carbocycles. The van der Waals surface area contributed by atoms with Crippen LogP contribution in [0.1, 0.15) is 55.8 Å². The molecule has 5 nitrogen and oxygen atoms in total. The molecule has 1 fully saturated rings. The van der Waals surface area contributed by atoms with Crippen molar-refractivity contribution in [1.29, 1.82) is 5.26 Å². The number of carbonyl (C=O) groups excluding carboxylic acids is 2. The maximum absolute atomic E-state index is 12.7. The molecule has 0 aromatic heterocycles. The first-order valence-electron chi connectivity index (χ1n) is 9.59. The standard InChI is InChI=1S/C23H25N3O2/c1-15(2)19-5-4-6-21(11-19)26-14-20(12-22(26)27)23(28)25-16(3)18-9-7-17(13-24)8-10-18/h4-11,15-16,20H,12,14H2,1-3H3,(H,25,28)/t16-,20-/m1/s1. The summed E-state index contributed by atoms with van der Waals surface area (Å²) in [6, 6.07) is 17.0. The summed E-state index contributed by atoms with van der Waals surface area (Å²) in [5.41, 5.74) is 3.54. The predicted octanol–water partition coefficient (Wildman–Crippen LogP) is 3.91. The van der Waals surface area contributed by atoms with E-state index in [4.69, 9.17) is 5.26 Å². The second-order valence-electron chi connectivity index (χ2n) is 7.62. The lowest BCUT2D eigenvalue weighted by atomic mass is 10.0. The van der Waals surface area contributed by atoms with Gasteiger partial charge in [0.15, 0.2) is 0 Å². The molecule has 28 heavy (non-hydrogen) atoms. The second kappa shape index (κ2) is 8.26. The molecule has 0 bridgehead atoms. The van der Waals surface area contributed by atoms with Crippen LogP contribution in [0.4, 0.5) is 5.69 Å². The van der Waals surface area contributed by atoms with Crippen molar-refractivity contribution in [3.8, 4) is 6.07 Å². The number of carbonyl (C=O) groups is 2. The highest BCUT2D eigenvalue weighted by atomic mass is 16.2. The molecular formula is C23H25N3O2. The van der Waals surface area contributed by atoms with Gasteiger partial charge in [-0.05, 0) is 48.2 Å². The number of anilines is 1. The van der Waals surface area contributed by atoms with E-state index in [1.807, 2.05) is 37.3 Å². The van der Waals surface area contributed by atoms with Crippen LogP contribution in [-0.2, 0) is 9.59 Å². The number of benzene rings is 2. The number of hydrogen-bond acceptors (Lipinski definition) is 3. The normalized spacial score (nSPS) is 17.5. The van der Waals surface area contributed by atoms with Crippen LogP contribution in [0, 0.1) is 17.2 Å². The van der Waals surface area contributed by atoms with E-state index in [9.17, 15) is 9.59 Å². The Morgan fingerprint density at radius 2 is 1.86 bits per heavy atom. The van der Waals surface area contributed by atoms with Crippen molar-refractivity contribution in [3.63, 3.8) is 0 Å². The Hall–Kier alpha value is -3.13. The Labute approximate surface area is 166 Å². The van der Waals surface area contributed by atoms with Gasteiger partial charge in [0.25, 0.3) is 0 Å². The summed E-state index contributed by atoms with van der Waals surface area (Å²) in [6.07, 6.45) is 0.220. The van der Waals surface area contributed by atoms with Gasteiger partial charge in [-0.3, -0.25) is 9.59 Å². The molecule has 2 aromatic rings. The molecular weight excluding hydrogens is 350 g/mol. The van der Waals surface area contributed by atoms with Gasteiger partial charge in [0.2, 0.25) is 11.8 Å². The number of hydrogen-bond donors (Lipinski definition) is 1. The van der Waals surface area contributed by atoms with E-state index < -0.39 is 0 Å². The molecule has 2 amide bonds. The van der Waals surface area contributed by atoms with E-state index in [1.165, 1.54) is 5.56 Å². The Kier molecular flexibility index (Phi) is 5.79. The van der Waals surface area contributed by atoms with E-state index in [2.05, 4.69) is 31.3 Å². The van der Waals surface area contributed by atoms with Crippen molar-refractivity contribution in [2.45, 2.75) is 39.2 Å². The Balaban J connectivity index is 1.66. The SMILES string of the molecule is CC(C)c1cccc(N2C[C@H](C(=O)N[C@H](C)c3ccc(C#N)cc3)CC2=O)c1. The minimum Gasteiger partial charge on any atom is -0.349 e. The van der Waals surface area contributed by atoms with E-state index in [0.717, 1.165) is 11.3 Å². The summed E-state index contributed by atoms with van der Waals surface area (Å²) >= 11 is 0. The van der Waals surface area contributed by atoms with Crippen molar-refractivity contribution < 1.29 is 9.59 Å². The molecule has 2 aromatic carbocycles. The van der Waals surface area contributed by atoms with Gasteiger partial charge in [0.1, 0.15) is 0 Å². The second-order valence-corrected chi connectivity index (χ2v) is 7.62. The van der Waals surface area contributed by atoms with Crippen LogP contribution in [0.2, 0.25) is 0 Å². The third-order valence-corrected chi connectivity index (χ3v) is 5.24. The van der Waals surface area contributed by atoms with Crippen LogP contribution in [0.15, 0.2) is 48.5 Å². The first-order valence-corrected chi connectivity index (χ1v) is 9.59. The van der Waals surface area contributed by atoms with E-state index in [-0.39, 0.29) is 30.2 Å². The van der Waals surface area contributed by atoms with Gasteiger partial charge >= 0.3 is 0 Å². The molecule has 1 aliphatic heterocycles. The molecule has 0 radical (unpaired) electrons. The van der Waals surface area contributed by atoms with E-state index in [1.54, 1.807) is 17.0 Å². The molecule has 1 N–H and O–H groups in total. The molecule has 1 heterocycles. The van der Waals surface area contributed by atoms with Crippen molar-refractivity contribution in [2.24, 2.45) is 5.92 Å². The van der Waals surface area contributed by atoms with Gasteiger partial charge in [-0.25, -0.2) is 0 Å². The molecule has 2 atom stereocenters. The maximum atomic E-state index is 12.7. The van der Waals surface area contributed by atoms with Crippen molar-refractivity contribution in [2.75, 3.05) is 11.4 Å². The highest BCUT2D eigenvalue weighted by Crippen LogP contribution is 2.28. The van der Waals surface area contributed by atoms with Crippen molar-refractivity contribution >= 4 is 17.5 Å². The van der Waals surface area contributed by atoms with Gasteiger partial charge in [-0.15, -0.1) is 0 Å². The average Bonchev–Trinajstić information content (AvgIpc) is 3.10. The fourth-order valence-corrected chi connectivity index (χ4v) is 3.45. The lowest BCUT2D eigenvalue weighted by Crippen LogP contribution is -2.34. The number of nitrogens with zero attached hydrogens (tertiary/aromatic N) is 2. The van der Waals surface area contributed by atoms with Gasteiger partial charge in [-0.2, -0.15) is 5.26 Å². The summed E-state index contributed by atoms with van der Waals surface area (Å²) in [4.78, 5) is 26.9. The van der Waals surface area contributed by atoms with E-state index in [0.29, 0.717) is 18.0 Å². The van der Waals surface area contributed by atoms with Gasteiger partial charge in [0.05, 0.1) is 23.6 Å². The van der Waals surface area contributed by atoms with Crippen LogP contribution in [0.3, 0.4) is 0 Å². The van der Waals surface area contributed by atoms with Gasteiger partial charge in [0, 0.05) is 18.7 Å². The fourth-order valence-electron chi connectivity index (χ4n) is 3.45. The molecule has 1 aliphatic rings. The van der Waals surface area contributed by atoms with Crippen LogP contribution in [0.25, 0.3) is 0 Å². The van der Waals surface area contributed by atoms with E-state index >= 15 is 0 Å². The van der Waals surface area contributed by atoms with Crippen LogP contribution >= 0.6 is 0 Å². The number of rotatable bonds is 5. The topological polar surface area (TPSA) is 73.2 Å². The maximum Gasteiger partial charge on any atom is 0.227 e.